The van der Waals surface area contributed by atoms with E-state index in [1.165, 1.54) is 24.3 Å². The van der Waals surface area contributed by atoms with Crippen LogP contribution in [0.3, 0.4) is 0 Å². The number of nitro groups is 1. The minimum Gasteiger partial charge on any atom is -0.292 e. The molecule has 0 N–H and O–H groups in total. The largest absolute Gasteiger partial charge is 0.292 e. The highest BCUT2D eigenvalue weighted by Crippen LogP contribution is 2.53. The van der Waals surface area contributed by atoms with E-state index in [2.05, 4.69) is 5.10 Å². The summed E-state index contributed by atoms with van der Waals surface area (Å²) in [6.07, 6.45) is 1.64. The van der Waals surface area contributed by atoms with Gasteiger partial charge in [0.1, 0.15) is 6.04 Å². The molecule has 2 saturated heterocycles. The lowest BCUT2D eigenvalue weighted by molar-refractivity contribution is -0.384. The summed E-state index contributed by atoms with van der Waals surface area (Å²) < 4.78 is 0. The molecular formula is C26H17ClN4O5. The second kappa shape index (κ2) is 8.10. The molecule has 9 nitrogen and oxygen atoms in total. The number of anilines is 1. The van der Waals surface area contributed by atoms with E-state index in [9.17, 15) is 24.5 Å². The molecule has 0 radical (unpaired) electrons. The Balaban J connectivity index is 1.47. The standard InChI is InChI=1S/C26H17ClN4O5/c27-16-7-5-14(6-8-16)24(32)23-21-20(22-19-4-2-1-3-15(19)13-28-30(22)23)25(33)29(26(21)34)17-9-11-18(12-10-17)31(35)36/h1-13,20-23H/t20-,21-,22+,23+/m0/s1. The molecule has 0 aliphatic carbocycles. The van der Waals surface area contributed by atoms with E-state index >= 15 is 0 Å². The van der Waals surface area contributed by atoms with Gasteiger partial charge in [0.15, 0.2) is 5.78 Å². The van der Waals surface area contributed by atoms with Crippen molar-refractivity contribution in [2.24, 2.45) is 16.9 Å². The summed E-state index contributed by atoms with van der Waals surface area (Å²) in [4.78, 5) is 52.9. The van der Waals surface area contributed by atoms with E-state index in [1.54, 1.807) is 35.5 Å². The second-order valence-electron chi connectivity index (χ2n) is 8.85. The fourth-order valence-electron chi connectivity index (χ4n) is 5.43. The highest BCUT2D eigenvalue weighted by atomic mass is 35.5. The molecule has 4 atom stereocenters. The maximum absolute atomic E-state index is 13.8. The number of hydrazone groups is 1. The second-order valence-corrected chi connectivity index (χ2v) is 9.29. The first-order valence-corrected chi connectivity index (χ1v) is 11.6. The van der Waals surface area contributed by atoms with Crippen LogP contribution in [-0.2, 0) is 9.59 Å². The van der Waals surface area contributed by atoms with Gasteiger partial charge in [-0.25, -0.2) is 4.90 Å². The maximum atomic E-state index is 13.8. The number of nitrogens with zero attached hydrogens (tertiary/aromatic N) is 4. The zero-order valence-electron chi connectivity index (χ0n) is 18.5. The van der Waals surface area contributed by atoms with Gasteiger partial charge in [-0.3, -0.25) is 29.5 Å². The van der Waals surface area contributed by atoms with Gasteiger partial charge in [-0.1, -0.05) is 35.9 Å². The van der Waals surface area contributed by atoms with E-state index in [4.69, 9.17) is 11.6 Å². The van der Waals surface area contributed by atoms with Crippen molar-refractivity contribution in [1.82, 2.24) is 5.01 Å². The Morgan fingerprint density at radius 1 is 0.917 bits per heavy atom. The molecule has 2 amide bonds. The Bertz CT molecular complexity index is 1470. The number of Topliss-reactive ketones (excluding diaryl/α,β-unsaturated/α-hetero) is 1. The lowest BCUT2D eigenvalue weighted by Gasteiger charge is -2.33. The molecule has 3 aliphatic heterocycles. The lowest BCUT2D eigenvalue weighted by Crippen LogP contribution is -2.44. The maximum Gasteiger partial charge on any atom is 0.269 e. The average molecular weight is 501 g/mol. The first kappa shape index (κ1) is 22.1. The van der Waals surface area contributed by atoms with Gasteiger partial charge < -0.3 is 0 Å². The van der Waals surface area contributed by atoms with E-state index in [0.717, 1.165) is 16.0 Å². The van der Waals surface area contributed by atoms with Gasteiger partial charge in [0.05, 0.1) is 34.7 Å². The number of non-ortho nitro benzene ring substituents is 1. The molecule has 178 valence electrons. The number of benzene rings is 3. The van der Waals surface area contributed by atoms with Crippen molar-refractivity contribution in [3.8, 4) is 0 Å². The van der Waals surface area contributed by atoms with Crippen LogP contribution < -0.4 is 4.90 Å². The van der Waals surface area contributed by atoms with Crippen LogP contribution in [0.4, 0.5) is 11.4 Å². The molecule has 3 heterocycles. The molecule has 3 aromatic rings. The Kier molecular flexibility index (Phi) is 4.97. The third kappa shape index (κ3) is 3.16. The minimum atomic E-state index is -1.01. The first-order valence-electron chi connectivity index (χ1n) is 11.2. The summed E-state index contributed by atoms with van der Waals surface area (Å²) >= 11 is 6.00. The van der Waals surface area contributed by atoms with Crippen molar-refractivity contribution in [3.05, 3.63) is 105 Å². The first-order chi connectivity index (χ1) is 17.4. The van der Waals surface area contributed by atoms with E-state index in [1.807, 2.05) is 24.3 Å². The van der Waals surface area contributed by atoms with Crippen LogP contribution in [-0.4, -0.2) is 39.8 Å². The van der Waals surface area contributed by atoms with E-state index in [-0.39, 0.29) is 17.2 Å². The number of fused-ring (bicyclic) bond motifs is 5. The number of imide groups is 1. The van der Waals surface area contributed by atoms with Gasteiger partial charge in [0.25, 0.3) is 5.69 Å². The number of ketones is 1. The molecule has 0 aromatic heterocycles. The molecule has 10 heteroatoms. The summed E-state index contributed by atoms with van der Waals surface area (Å²) in [5.74, 6) is -3.18. The predicted molar refractivity (Wildman–Crippen MR) is 131 cm³/mol. The van der Waals surface area contributed by atoms with Crippen molar-refractivity contribution in [2.45, 2.75) is 12.1 Å². The minimum absolute atomic E-state index is 0.157. The van der Waals surface area contributed by atoms with Gasteiger partial charge in [-0.2, -0.15) is 5.10 Å². The van der Waals surface area contributed by atoms with Crippen molar-refractivity contribution in [1.29, 1.82) is 0 Å². The monoisotopic (exact) mass is 500 g/mol. The summed E-state index contributed by atoms with van der Waals surface area (Å²) in [7, 11) is 0. The highest BCUT2D eigenvalue weighted by Gasteiger charge is 2.65. The van der Waals surface area contributed by atoms with Crippen LogP contribution in [0.5, 0.6) is 0 Å². The highest BCUT2D eigenvalue weighted by molar-refractivity contribution is 6.30. The summed E-state index contributed by atoms with van der Waals surface area (Å²) in [5, 5.41) is 17.6. The Morgan fingerprint density at radius 2 is 1.58 bits per heavy atom. The van der Waals surface area contributed by atoms with Crippen LogP contribution in [0, 0.1) is 22.0 Å². The number of rotatable bonds is 4. The fraction of sp³-hybridized carbons (Fsp3) is 0.154. The molecule has 0 unspecified atom stereocenters. The van der Waals surface area contributed by atoms with Gasteiger partial charge in [0.2, 0.25) is 11.8 Å². The van der Waals surface area contributed by atoms with E-state index < -0.39 is 40.7 Å². The number of amides is 2. The Morgan fingerprint density at radius 3 is 2.28 bits per heavy atom. The Hall–Kier alpha value is -4.37. The van der Waals surface area contributed by atoms with Gasteiger partial charge in [-0.05, 0) is 47.5 Å². The number of carbonyl (C=O) groups is 3. The molecule has 3 aromatic carbocycles. The predicted octanol–water partition coefficient (Wildman–Crippen LogP) is 4.01. The summed E-state index contributed by atoms with van der Waals surface area (Å²) in [6.45, 7) is 0. The molecule has 36 heavy (non-hydrogen) atoms. The molecule has 0 saturated carbocycles. The van der Waals surface area contributed by atoms with Crippen LogP contribution in [0.15, 0.2) is 77.9 Å². The number of hydrogen-bond donors (Lipinski definition) is 0. The number of carbonyl (C=O) groups excluding carboxylic acids is 3. The van der Waals surface area contributed by atoms with Crippen molar-refractivity contribution in [2.75, 3.05) is 4.90 Å². The van der Waals surface area contributed by atoms with Crippen LogP contribution in [0.25, 0.3) is 0 Å². The third-order valence-corrected chi connectivity index (χ3v) is 7.26. The van der Waals surface area contributed by atoms with E-state index in [0.29, 0.717) is 10.6 Å². The van der Waals surface area contributed by atoms with Crippen LogP contribution >= 0.6 is 11.6 Å². The third-order valence-electron chi connectivity index (χ3n) is 7.01. The summed E-state index contributed by atoms with van der Waals surface area (Å²) in [6, 6.07) is 17.4. The summed E-state index contributed by atoms with van der Waals surface area (Å²) in [5.41, 5.74) is 2.04. The SMILES string of the molecule is O=C(c1ccc(Cl)cc1)[C@H]1[C@H]2C(=O)N(c3ccc([N+](=O)[O-])cc3)C(=O)[C@@H]2[C@H]2c3ccccc3C=NN21. The Labute approximate surface area is 209 Å². The van der Waals surface area contributed by atoms with Crippen LogP contribution in [0.2, 0.25) is 5.02 Å². The molecule has 2 fully saturated rings. The number of halogens is 1. The normalized spacial score (nSPS) is 23.9. The molecular weight excluding hydrogens is 484 g/mol. The van der Waals surface area contributed by atoms with Gasteiger partial charge in [-0.15, -0.1) is 0 Å². The molecule has 0 bridgehead atoms. The zero-order chi connectivity index (χ0) is 25.1. The smallest absolute Gasteiger partial charge is 0.269 e. The topological polar surface area (TPSA) is 113 Å². The molecule has 6 rings (SSSR count). The van der Waals surface area contributed by atoms with Crippen LogP contribution in [0.1, 0.15) is 27.5 Å². The lowest BCUT2D eigenvalue weighted by atomic mass is 9.83. The molecule has 3 aliphatic rings. The van der Waals surface area contributed by atoms with Gasteiger partial charge in [0, 0.05) is 22.7 Å². The number of nitro benzene ring substituents is 1. The van der Waals surface area contributed by atoms with Crippen molar-refractivity contribution >= 4 is 46.8 Å². The zero-order valence-corrected chi connectivity index (χ0v) is 19.3. The fourth-order valence-corrected chi connectivity index (χ4v) is 5.56. The quantitative estimate of drug-likeness (QED) is 0.231. The van der Waals surface area contributed by atoms with Crippen molar-refractivity contribution in [3.63, 3.8) is 0 Å². The average Bonchev–Trinajstić information content (AvgIpc) is 3.36. The van der Waals surface area contributed by atoms with Gasteiger partial charge >= 0.3 is 0 Å². The van der Waals surface area contributed by atoms with Crippen molar-refractivity contribution < 1.29 is 19.3 Å². The molecule has 0 spiro atoms. The number of hydrogen-bond acceptors (Lipinski definition) is 7.